The summed E-state index contributed by atoms with van der Waals surface area (Å²) in [5, 5.41) is 343. The summed E-state index contributed by atoms with van der Waals surface area (Å²) in [5.41, 5.74) is 0. The number of carboxylic acid groups (broad SMARTS) is 1. The molecule has 51 atom stereocenters. The van der Waals surface area contributed by atoms with Crippen LogP contribution in [0.5, 0.6) is 0 Å². The van der Waals surface area contributed by atoms with Crippen molar-refractivity contribution < 1.29 is 267 Å². The summed E-state index contributed by atoms with van der Waals surface area (Å²) >= 11 is 0. The number of carboxylic acids is 1. The van der Waals surface area contributed by atoms with Crippen molar-refractivity contribution >= 4 is 29.6 Å². The Balaban J connectivity index is 0.946. The number of ether oxygens (including phenoxy) is 19. The van der Waals surface area contributed by atoms with E-state index in [9.17, 15) is 177 Å². The molecule has 10 heterocycles. The number of carbonyl (C=O) groups excluding carboxylic acids is 4. The number of hydrogen-bond acceptors (Lipinski definition) is 53. The maximum atomic E-state index is 13.2. The lowest BCUT2D eigenvalue weighted by Crippen LogP contribution is -2.71. The molecule has 0 aliphatic carbocycles. The Labute approximate surface area is 728 Å². The highest BCUT2D eigenvalue weighted by molar-refractivity contribution is 5.77. The van der Waals surface area contributed by atoms with Crippen LogP contribution in [0.4, 0.5) is 0 Å². The van der Waals surface area contributed by atoms with E-state index in [0.717, 1.165) is 27.7 Å². The summed E-state index contributed by atoms with van der Waals surface area (Å²) in [6, 6.07) is -7.46. The van der Waals surface area contributed by atoms with Crippen molar-refractivity contribution in [1.29, 1.82) is 0 Å². The van der Waals surface area contributed by atoms with E-state index in [0.29, 0.717) is 0 Å². The molecule has 0 aromatic heterocycles. The third-order valence-electron chi connectivity index (χ3n) is 23.4. The zero-order valence-corrected chi connectivity index (χ0v) is 68.9. The van der Waals surface area contributed by atoms with E-state index in [2.05, 4.69) is 21.3 Å². The van der Waals surface area contributed by atoms with Crippen molar-refractivity contribution in [2.45, 2.75) is 347 Å². The van der Waals surface area contributed by atoms with Gasteiger partial charge in [0, 0.05) is 34.1 Å². The molecule has 0 aromatic rings. The predicted octanol–water partition coefficient (Wildman–Crippen LogP) is -23.0. The second-order valence-corrected chi connectivity index (χ2v) is 32.4. The molecular weight excluding hydrogens is 1770 g/mol. The van der Waals surface area contributed by atoms with E-state index in [1.54, 1.807) is 0 Å². The van der Waals surface area contributed by atoms with Crippen LogP contribution in [0.15, 0.2) is 0 Å². The summed E-state index contributed by atoms with van der Waals surface area (Å²) < 4.78 is 112. The SMILES string of the molecule is CC(=O)N[C@@H]1[C@@H](O)[C@H](O[C@@H]2O[C@H](CO)[C@@H](O[C@@H]3O[C@H](CO[C@H]4O[C@H](CO)[C@@H](O)[C@H](O[C@H]5O[C@H](CO)[C@@H](O)[C@H](O)[C@@H]5O[C@H]5O[C@H](CO)[C@@H](O)[C@H](O)[C@@H]5O)[C@@H]4O)[C@@H](O)[C@H](O[C@H]4O[C@H](CO)[C@@H](O)[C@H](O)[C@@H]4O[C@@H]4O[C@H](CO)[C@@H](O[C@@H]5O[C@H](CO[C@]6(C(=O)O)C[C@H](O)[C@@H](NC(C)=O)[C@H]([C@H](O)[C@H](O)CO)O6)[C@H](O)[C@H](O)[C@H]5O)[C@H](O)[C@H]4NC(C)=O)[C@@H]3O)[C@H](O)[C@H]2NC(C)=O)[C@@H](CO)O[C@H]1O. The summed E-state index contributed by atoms with van der Waals surface area (Å²) in [7, 11) is 0. The number of aliphatic carboxylic acids is 1. The lowest BCUT2D eigenvalue weighted by atomic mass is 9.88. The molecule has 10 aliphatic rings. The molecule has 746 valence electrons. The molecule has 129 heavy (non-hydrogen) atoms. The molecule has 10 rings (SSSR count). The Morgan fingerprint density at radius 2 is 0.628 bits per heavy atom. The molecule has 0 bridgehead atoms. The standard InChI is InChI=1S/C71H118N4O54/c1-16(84)72-31-20(88)5-71(70(109)110,129-56(31)35(90)21(89)6-76)112-15-30-39(94)46(101)50(105)66(121-30)123-54-27(12-82)119-63(34(44(54)99)75-19(4)87)127-59-47(102)37(92)23(8-78)116-68(59)126-58-41(96)29(120-67(52(58)107)124-55-28(13-83)118-62(33(43(55)98)74-18(3)86)122-53-26(11-81)113-61(108)32(42(53)97)73-17(2)85)14-111-64-51(106)57(40(95)25(10-80)114-64)125-69-60(48(103)38(93)24(9-79)117-69)128-65-49(104)45(100)36(91)22(7-77)115-65/h20-69,76-83,88-108H,5-15H2,1-4H3,(H,72,84)(H,73,85)(H,74,86)(H,75,87)(H,109,110)/t20-,21+,22+,23+,24+,25+,26+,27+,28+,29+,30+,31+,32+,33+,34+,35+,36+,37+,38+,39-,40+,41+,42+,43+,44+,45-,46-,47-,48-,49-,50+,51-,52-,53+,54+,55+,56+,57-,58-,59-,60-,61+,62-,63-,64-,65+,66-,67-,68+,69+,71+/m0/s1. The quantitative estimate of drug-likeness (QED) is 0.0280. The van der Waals surface area contributed by atoms with E-state index in [1.807, 2.05) is 0 Å². The van der Waals surface area contributed by atoms with Gasteiger partial charge < -0.3 is 264 Å². The molecule has 10 aliphatic heterocycles. The molecule has 34 N–H and O–H groups in total. The van der Waals surface area contributed by atoms with Crippen LogP contribution in [-0.2, 0) is 114 Å². The van der Waals surface area contributed by atoms with Crippen LogP contribution in [0.25, 0.3) is 0 Å². The van der Waals surface area contributed by atoms with Crippen molar-refractivity contribution in [1.82, 2.24) is 21.3 Å². The van der Waals surface area contributed by atoms with Gasteiger partial charge in [0.25, 0.3) is 5.79 Å². The average Bonchev–Trinajstić information content (AvgIpc) is 0.782. The third kappa shape index (κ3) is 23.5. The van der Waals surface area contributed by atoms with Crippen molar-refractivity contribution in [2.75, 3.05) is 66.1 Å². The number of carbonyl (C=O) groups is 5. The first-order valence-electron chi connectivity index (χ1n) is 40.8. The lowest BCUT2D eigenvalue weighted by molar-refractivity contribution is -0.400. The van der Waals surface area contributed by atoms with Gasteiger partial charge in [-0.3, -0.25) is 19.2 Å². The maximum Gasteiger partial charge on any atom is 0.364 e. The topological polar surface area (TPSA) is 916 Å². The van der Waals surface area contributed by atoms with Crippen LogP contribution in [0.3, 0.4) is 0 Å². The summed E-state index contributed by atoms with van der Waals surface area (Å²) in [5.74, 6) is -8.86. The van der Waals surface area contributed by atoms with E-state index >= 15 is 0 Å². The van der Waals surface area contributed by atoms with Gasteiger partial charge in [-0.15, -0.1) is 0 Å². The summed E-state index contributed by atoms with van der Waals surface area (Å²) in [6.07, 6.45) is -102. The highest BCUT2D eigenvalue weighted by Crippen LogP contribution is 2.42. The number of hydrogen-bond donors (Lipinski definition) is 34. The number of aliphatic hydroxyl groups excluding tert-OH is 29. The molecular formula is C71H118N4O54. The van der Waals surface area contributed by atoms with Crippen molar-refractivity contribution in [2.24, 2.45) is 0 Å². The zero-order chi connectivity index (χ0) is 95.3. The Kier molecular flexibility index (Phi) is 38.0. The molecule has 58 nitrogen and oxygen atoms in total. The van der Waals surface area contributed by atoms with Gasteiger partial charge in [-0.2, -0.15) is 0 Å². The van der Waals surface area contributed by atoms with Crippen LogP contribution in [0.1, 0.15) is 34.1 Å². The van der Waals surface area contributed by atoms with Gasteiger partial charge >= 0.3 is 5.97 Å². The predicted molar refractivity (Wildman–Crippen MR) is 393 cm³/mol. The minimum atomic E-state index is -3.11. The highest BCUT2D eigenvalue weighted by Gasteiger charge is 2.63. The third-order valence-corrected chi connectivity index (χ3v) is 23.4. The number of rotatable bonds is 35. The normalized spacial score (nSPS) is 48.1. The molecule has 0 aromatic carbocycles. The van der Waals surface area contributed by atoms with Crippen LogP contribution in [0, 0.1) is 0 Å². The van der Waals surface area contributed by atoms with Gasteiger partial charge in [-0.25, -0.2) is 4.79 Å². The van der Waals surface area contributed by atoms with Crippen molar-refractivity contribution in [3.05, 3.63) is 0 Å². The van der Waals surface area contributed by atoms with Crippen LogP contribution in [0.2, 0.25) is 0 Å². The van der Waals surface area contributed by atoms with Crippen LogP contribution in [-0.4, -0.2) is 561 Å². The highest BCUT2D eigenvalue weighted by atomic mass is 16.8. The summed E-state index contributed by atoms with van der Waals surface area (Å²) in [4.78, 5) is 63.6. The minimum absolute atomic E-state index is 0.812. The maximum absolute atomic E-state index is 13.2. The molecule has 0 saturated carbocycles. The van der Waals surface area contributed by atoms with E-state index < -0.39 is 414 Å². The molecule has 10 fully saturated rings. The van der Waals surface area contributed by atoms with Gasteiger partial charge in [0.1, 0.15) is 238 Å². The van der Waals surface area contributed by atoms with Crippen LogP contribution >= 0.6 is 0 Å². The molecule has 0 spiro atoms. The molecule has 10 saturated heterocycles. The van der Waals surface area contributed by atoms with Gasteiger partial charge in [-0.1, -0.05) is 0 Å². The van der Waals surface area contributed by atoms with Crippen molar-refractivity contribution in [3.8, 4) is 0 Å². The number of nitrogens with one attached hydrogen (secondary N) is 4. The van der Waals surface area contributed by atoms with Gasteiger partial charge in [0.15, 0.2) is 56.6 Å². The first-order chi connectivity index (χ1) is 60.9. The van der Waals surface area contributed by atoms with Gasteiger partial charge in [-0.05, 0) is 0 Å². The van der Waals surface area contributed by atoms with Crippen molar-refractivity contribution in [3.63, 3.8) is 0 Å². The fourth-order valence-electron chi connectivity index (χ4n) is 16.5. The lowest BCUT2D eigenvalue weighted by Gasteiger charge is -2.51. The summed E-state index contributed by atoms with van der Waals surface area (Å²) in [6.45, 7) is -8.03. The Morgan fingerprint density at radius 3 is 1.05 bits per heavy atom. The fourth-order valence-corrected chi connectivity index (χ4v) is 16.5. The fraction of sp³-hybridized carbons (Fsp3) is 0.930. The second kappa shape index (κ2) is 46.1. The van der Waals surface area contributed by atoms with E-state index in [1.165, 1.54) is 0 Å². The first kappa shape index (κ1) is 106. The Bertz CT molecular complexity index is 3550. The van der Waals surface area contributed by atoms with Crippen LogP contribution < -0.4 is 21.3 Å². The smallest absolute Gasteiger partial charge is 0.364 e. The molecule has 4 amide bonds. The number of amides is 4. The Hall–Kier alpha value is -4.57. The second-order valence-electron chi connectivity index (χ2n) is 32.4. The Morgan fingerprint density at radius 1 is 0.318 bits per heavy atom. The van der Waals surface area contributed by atoms with E-state index in [-0.39, 0.29) is 0 Å². The number of aliphatic hydroxyl groups is 29. The molecule has 0 unspecified atom stereocenters. The zero-order valence-electron chi connectivity index (χ0n) is 68.9. The average molecular weight is 1890 g/mol. The monoisotopic (exact) mass is 1890 g/mol. The minimum Gasteiger partial charge on any atom is -0.477 e. The molecule has 58 heteroatoms. The first-order valence-corrected chi connectivity index (χ1v) is 40.8. The van der Waals surface area contributed by atoms with Gasteiger partial charge in [0.05, 0.1) is 78.2 Å². The van der Waals surface area contributed by atoms with Gasteiger partial charge in [0.2, 0.25) is 23.6 Å². The largest absolute Gasteiger partial charge is 0.477 e. The van der Waals surface area contributed by atoms with E-state index in [4.69, 9.17) is 90.0 Å². The molecule has 0 radical (unpaired) electrons.